The first kappa shape index (κ1) is 19.4. The number of benzene rings is 1. The summed E-state index contributed by atoms with van der Waals surface area (Å²) in [6, 6.07) is 4.75. The topological polar surface area (TPSA) is 56.6 Å². The lowest BCUT2D eigenvalue weighted by atomic mass is 9.99. The molecule has 3 rings (SSSR count). The number of methoxy groups -OCH3 is 1. The highest BCUT2D eigenvalue weighted by atomic mass is 19.1. The minimum Gasteiger partial charge on any atom is -0.494 e. The van der Waals surface area contributed by atoms with Gasteiger partial charge in [-0.25, -0.2) is 4.39 Å². The van der Waals surface area contributed by atoms with Crippen LogP contribution in [0.25, 0.3) is 0 Å². The van der Waals surface area contributed by atoms with Crippen molar-refractivity contribution < 1.29 is 18.7 Å². The summed E-state index contributed by atoms with van der Waals surface area (Å²) in [5.41, 5.74) is 3.07. The molecule has 0 unspecified atom stereocenters. The molecule has 0 radical (unpaired) electrons. The van der Waals surface area contributed by atoms with Gasteiger partial charge in [0.2, 0.25) is 0 Å². The Morgan fingerprint density at radius 2 is 2.19 bits per heavy atom. The van der Waals surface area contributed by atoms with Gasteiger partial charge in [-0.1, -0.05) is 6.07 Å². The predicted molar refractivity (Wildman–Crippen MR) is 99.2 cm³/mol. The van der Waals surface area contributed by atoms with Crippen LogP contribution < -0.4 is 4.74 Å². The van der Waals surface area contributed by atoms with Crippen molar-refractivity contribution in [3.05, 3.63) is 46.5 Å². The SMILES string of the molecule is CCN(Cc1ccc(OC)c(F)c1)C(=O)c1nn(C)c2c1C[C@H](C)O[C@@H]2C. The number of halogens is 1. The van der Waals surface area contributed by atoms with Crippen molar-refractivity contribution in [2.45, 2.75) is 45.9 Å². The number of aromatic nitrogens is 2. The lowest BCUT2D eigenvalue weighted by Gasteiger charge is -2.27. The summed E-state index contributed by atoms with van der Waals surface area (Å²) in [4.78, 5) is 14.9. The first-order valence-electron chi connectivity index (χ1n) is 9.18. The van der Waals surface area contributed by atoms with Gasteiger partial charge in [0.1, 0.15) is 0 Å². The Labute approximate surface area is 158 Å². The second-order valence-corrected chi connectivity index (χ2v) is 6.92. The third-order valence-electron chi connectivity index (χ3n) is 4.97. The number of nitrogens with zero attached hydrogens (tertiary/aromatic N) is 3. The van der Waals surface area contributed by atoms with Gasteiger partial charge in [0, 0.05) is 32.1 Å². The third-order valence-corrected chi connectivity index (χ3v) is 4.97. The van der Waals surface area contributed by atoms with Crippen LogP contribution in [0.4, 0.5) is 4.39 Å². The Morgan fingerprint density at radius 3 is 2.81 bits per heavy atom. The number of rotatable bonds is 5. The molecule has 2 atom stereocenters. The van der Waals surface area contributed by atoms with Crippen LogP contribution in [0.2, 0.25) is 0 Å². The van der Waals surface area contributed by atoms with Crippen LogP contribution >= 0.6 is 0 Å². The zero-order valence-corrected chi connectivity index (χ0v) is 16.5. The second-order valence-electron chi connectivity index (χ2n) is 6.92. The number of fused-ring (bicyclic) bond motifs is 1. The number of amides is 1. The molecule has 1 aliphatic rings. The monoisotopic (exact) mass is 375 g/mol. The minimum absolute atomic E-state index is 0.0361. The normalized spacial score (nSPS) is 18.9. The number of carbonyl (C=O) groups excluding carboxylic acids is 1. The van der Waals surface area contributed by atoms with Crippen molar-refractivity contribution in [2.24, 2.45) is 7.05 Å². The van der Waals surface area contributed by atoms with Crippen molar-refractivity contribution in [3.8, 4) is 5.75 Å². The zero-order valence-electron chi connectivity index (χ0n) is 16.5. The molecule has 0 spiro atoms. The fraction of sp³-hybridized carbons (Fsp3) is 0.500. The number of ether oxygens (including phenoxy) is 2. The van der Waals surface area contributed by atoms with Crippen LogP contribution in [0.3, 0.4) is 0 Å². The number of aryl methyl sites for hydroxylation is 1. The summed E-state index contributed by atoms with van der Waals surface area (Å²) >= 11 is 0. The highest BCUT2D eigenvalue weighted by Crippen LogP contribution is 2.32. The summed E-state index contributed by atoms with van der Waals surface area (Å²) in [5, 5.41) is 4.48. The molecule has 2 heterocycles. The van der Waals surface area contributed by atoms with Crippen LogP contribution in [0.1, 0.15) is 54.2 Å². The van der Waals surface area contributed by atoms with Crippen LogP contribution in [-0.2, 0) is 24.8 Å². The van der Waals surface area contributed by atoms with E-state index in [4.69, 9.17) is 9.47 Å². The summed E-state index contributed by atoms with van der Waals surface area (Å²) in [7, 11) is 3.26. The fourth-order valence-electron chi connectivity index (χ4n) is 3.72. The number of hydrogen-bond acceptors (Lipinski definition) is 4. The van der Waals surface area contributed by atoms with Crippen LogP contribution in [-0.4, -0.2) is 40.3 Å². The molecular formula is C20H26FN3O3. The molecule has 6 nitrogen and oxygen atoms in total. The lowest BCUT2D eigenvalue weighted by Crippen LogP contribution is -2.32. The Kier molecular flexibility index (Phi) is 5.51. The van der Waals surface area contributed by atoms with Crippen molar-refractivity contribution in [2.75, 3.05) is 13.7 Å². The zero-order chi connectivity index (χ0) is 19.7. The molecule has 1 amide bonds. The molecule has 7 heteroatoms. The van der Waals surface area contributed by atoms with E-state index >= 15 is 0 Å². The van der Waals surface area contributed by atoms with E-state index in [1.807, 2.05) is 27.8 Å². The molecular weight excluding hydrogens is 349 g/mol. The van der Waals surface area contributed by atoms with Gasteiger partial charge in [-0.05, 0) is 38.5 Å². The molecule has 0 aliphatic carbocycles. The van der Waals surface area contributed by atoms with Crippen molar-refractivity contribution in [3.63, 3.8) is 0 Å². The molecule has 1 aromatic carbocycles. The average Bonchev–Trinajstić information content (AvgIpc) is 2.95. The van der Waals surface area contributed by atoms with Gasteiger partial charge in [-0.2, -0.15) is 5.10 Å². The fourth-order valence-corrected chi connectivity index (χ4v) is 3.72. The molecule has 1 aliphatic heterocycles. The van der Waals surface area contributed by atoms with E-state index in [2.05, 4.69) is 5.10 Å². The first-order chi connectivity index (χ1) is 12.8. The molecule has 27 heavy (non-hydrogen) atoms. The largest absolute Gasteiger partial charge is 0.494 e. The van der Waals surface area contributed by atoms with E-state index in [0.29, 0.717) is 30.8 Å². The lowest BCUT2D eigenvalue weighted by molar-refractivity contribution is -0.00906. The molecule has 1 aromatic heterocycles. The Morgan fingerprint density at radius 1 is 1.44 bits per heavy atom. The first-order valence-corrected chi connectivity index (χ1v) is 9.18. The molecule has 0 N–H and O–H groups in total. The Hall–Kier alpha value is -2.41. The van der Waals surface area contributed by atoms with Gasteiger partial charge in [0.05, 0.1) is 25.0 Å². The molecule has 0 saturated heterocycles. The van der Waals surface area contributed by atoms with Gasteiger partial charge in [-0.15, -0.1) is 0 Å². The molecule has 0 bridgehead atoms. The van der Waals surface area contributed by atoms with Crippen molar-refractivity contribution >= 4 is 5.91 Å². The smallest absolute Gasteiger partial charge is 0.274 e. The maximum Gasteiger partial charge on any atom is 0.274 e. The van der Waals surface area contributed by atoms with E-state index in [1.54, 1.807) is 21.7 Å². The summed E-state index contributed by atoms with van der Waals surface area (Å²) < 4.78 is 26.5. The second kappa shape index (κ2) is 7.68. The third kappa shape index (κ3) is 3.69. The molecule has 0 fully saturated rings. The quantitative estimate of drug-likeness (QED) is 0.805. The van der Waals surface area contributed by atoms with Crippen LogP contribution in [0.5, 0.6) is 5.75 Å². The standard InChI is InChI=1S/C20H26FN3O3/c1-6-24(11-14-7-8-17(26-5)16(21)10-14)20(25)18-15-9-12(2)27-13(3)19(15)23(4)22-18/h7-8,10,12-13H,6,9,11H2,1-5H3/t12-,13+/m0/s1. The summed E-state index contributed by atoms with van der Waals surface area (Å²) in [6.07, 6.45) is 0.589. The highest BCUT2D eigenvalue weighted by Gasteiger charge is 2.32. The highest BCUT2D eigenvalue weighted by molar-refractivity contribution is 5.94. The predicted octanol–water partition coefficient (Wildman–Crippen LogP) is 3.25. The maximum absolute atomic E-state index is 14.0. The Balaban J connectivity index is 1.88. The van der Waals surface area contributed by atoms with E-state index in [1.165, 1.54) is 13.2 Å². The molecule has 146 valence electrons. The van der Waals surface area contributed by atoms with Crippen LogP contribution in [0.15, 0.2) is 18.2 Å². The summed E-state index contributed by atoms with van der Waals surface area (Å²) in [6.45, 7) is 6.69. The summed E-state index contributed by atoms with van der Waals surface area (Å²) in [5.74, 6) is -0.393. The van der Waals surface area contributed by atoms with E-state index in [-0.39, 0.29) is 23.9 Å². The van der Waals surface area contributed by atoms with Gasteiger partial charge in [0.25, 0.3) is 5.91 Å². The number of hydrogen-bond donors (Lipinski definition) is 0. The number of carbonyl (C=O) groups is 1. The van der Waals surface area contributed by atoms with Crippen LogP contribution in [0, 0.1) is 5.82 Å². The van der Waals surface area contributed by atoms with Crippen molar-refractivity contribution in [1.82, 2.24) is 14.7 Å². The van der Waals surface area contributed by atoms with E-state index in [9.17, 15) is 9.18 Å². The minimum atomic E-state index is -0.437. The van der Waals surface area contributed by atoms with Gasteiger partial charge in [0.15, 0.2) is 17.3 Å². The van der Waals surface area contributed by atoms with Crippen molar-refractivity contribution in [1.29, 1.82) is 0 Å². The van der Waals surface area contributed by atoms with Gasteiger partial charge in [-0.3, -0.25) is 9.48 Å². The average molecular weight is 375 g/mol. The Bertz CT molecular complexity index is 849. The molecule has 0 saturated carbocycles. The van der Waals surface area contributed by atoms with Gasteiger partial charge < -0.3 is 14.4 Å². The van der Waals surface area contributed by atoms with E-state index in [0.717, 1.165) is 11.3 Å². The van der Waals surface area contributed by atoms with Gasteiger partial charge >= 0.3 is 0 Å². The molecule has 2 aromatic rings. The van der Waals surface area contributed by atoms with E-state index < -0.39 is 5.82 Å². The maximum atomic E-state index is 14.0.